The number of nitrogens with one attached hydrogen (secondary N) is 1. The van der Waals surface area contributed by atoms with Crippen LogP contribution in [0.4, 0.5) is 13.6 Å². The number of benzene rings is 1. The Morgan fingerprint density at radius 1 is 1.24 bits per heavy atom. The quantitative estimate of drug-likeness (QED) is 0.904. The normalized spacial score (nSPS) is 23.6. The van der Waals surface area contributed by atoms with E-state index in [4.69, 9.17) is 0 Å². The van der Waals surface area contributed by atoms with Crippen LogP contribution in [0.15, 0.2) is 24.3 Å². The van der Waals surface area contributed by atoms with Gasteiger partial charge in [0.15, 0.2) is 0 Å². The number of carbonyl (C=O) groups is 1. The van der Waals surface area contributed by atoms with Gasteiger partial charge in [-0.05, 0) is 36.9 Å². The molecule has 138 valence electrons. The van der Waals surface area contributed by atoms with Crippen molar-refractivity contribution >= 4 is 6.03 Å². The van der Waals surface area contributed by atoms with E-state index in [9.17, 15) is 13.6 Å². The number of hydrogen-bond donors (Lipinski definition) is 1. The zero-order valence-corrected chi connectivity index (χ0v) is 14.8. The molecule has 0 aliphatic carbocycles. The first-order chi connectivity index (χ1) is 11.9. The van der Waals surface area contributed by atoms with E-state index in [0.29, 0.717) is 12.5 Å². The van der Waals surface area contributed by atoms with Crippen molar-refractivity contribution in [2.24, 2.45) is 0 Å². The number of carbonyl (C=O) groups excluding carboxylic acids is 1. The number of alkyl halides is 2. The molecule has 0 radical (unpaired) electrons. The lowest BCUT2D eigenvalue weighted by atomic mass is 9.94. The van der Waals surface area contributed by atoms with E-state index < -0.39 is 5.92 Å². The molecule has 1 N–H and O–H groups in total. The Kier molecular flexibility index (Phi) is 5.57. The van der Waals surface area contributed by atoms with Gasteiger partial charge in [0, 0.05) is 45.6 Å². The van der Waals surface area contributed by atoms with Crippen LogP contribution in [-0.4, -0.2) is 61.0 Å². The van der Waals surface area contributed by atoms with Crippen LogP contribution in [0.3, 0.4) is 0 Å². The monoisotopic (exact) mass is 351 g/mol. The van der Waals surface area contributed by atoms with Gasteiger partial charge in [-0.25, -0.2) is 13.6 Å². The highest BCUT2D eigenvalue weighted by Crippen LogP contribution is 2.29. The Balaban J connectivity index is 1.39. The summed E-state index contributed by atoms with van der Waals surface area (Å²) in [7, 11) is 0. The van der Waals surface area contributed by atoms with E-state index in [2.05, 4.69) is 41.4 Å². The highest BCUT2D eigenvalue weighted by atomic mass is 19.3. The van der Waals surface area contributed by atoms with E-state index in [1.807, 2.05) is 0 Å². The van der Waals surface area contributed by atoms with Crippen molar-refractivity contribution in [3.63, 3.8) is 0 Å². The molecule has 3 rings (SSSR count). The summed E-state index contributed by atoms with van der Waals surface area (Å²) in [6, 6.07) is 8.30. The van der Waals surface area contributed by atoms with Crippen molar-refractivity contribution < 1.29 is 13.6 Å². The third-order valence-corrected chi connectivity index (χ3v) is 5.39. The number of piperidine rings is 1. The van der Waals surface area contributed by atoms with E-state index in [1.165, 1.54) is 16.0 Å². The van der Waals surface area contributed by atoms with Crippen LogP contribution in [0.2, 0.25) is 0 Å². The molecule has 2 heterocycles. The minimum atomic E-state index is -2.61. The Morgan fingerprint density at radius 2 is 1.96 bits per heavy atom. The standard InChI is InChI=1S/C19H27F2N3O/c1-15-4-2-3-5-17(15)16-6-10-23(14-16)13-9-22-18(25)24-11-7-19(20,21)8-12-24/h2-5,16H,6-14H2,1H3,(H,22,25)/t16-/m0/s1. The van der Waals surface area contributed by atoms with Gasteiger partial charge in [0.25, 0.3) is 5.92 Å². The number of nitrogens with zero attached hydrogens (tertiary/aromatic N) is 2. The van der Waals surface area contributed by atoms with Gasteiger partial charge in [-0.3, -0.25) is 0 Å². The molecule has 0 saturated carbocycles. The summed E-state index contributed by atoms with van der Waals surface area (Å²) in [5.74, 6) is -2.06. The Hall–Kier alpha value is -1.69. The summed E-state index contributed by atoms with van der Waals surface area (Å²) in [5.41, 5.74) is 2.76. The Labute approximate surface area is 148 Å². The largest absolute Gasteiger partial charge is 0.337 e. The minimum Gasteiger partial charge on any atom is -0.337 e. The van der Waals surface area contributed by atoms with Gasteiger partial charge >= 0.3 is 6.03 Å². The average molecular weight is 351 g/mol. The first-order valence-electron chi connectivity index (χ1n) is 9.13. The third kappa shape index (κ3) is 4.69. The van der Waals surface area contributed by atoms with E-state index in [-0.39, 0.29) is 32.0 Å². The molecule has 0 unspecified atom stereocenters. The highest BCUT2D eigenvalue weighted by molar-refractivity contribution is 5.74. The second kappa shape index (κ2) is 7.68. The molecule has 2 aliphatic rings. The molecule has 0 aromatic heterocycles. The molecule has 1 atom stereocenters. The molecule has 2 amide bonds. The van der Waals surface area contributed by atoms with Gasteiger partial charge in [-0.15, -0.1) is 0 Å². The molecule has 25 heavy (non-hydrogen) atoms. The first-order valence-corrected chi connectivity index (χ1v) is 9.13. The van der Waals surface area contributed by atoms with Gasteiger partial charge < -0.3 is 15.1 Å². The van der Waals surface area contributed by atoms with Crippen LogP contribution in [0.25, 0.3) is 0 Å². The number of aryl methyl sites for hydroxylation is 1. The fourth-order valence-electron chi connectivity index (χ4n) is 3.80. The van der Waals surface area contributed by atoms with Crippen LogP contribution in [0.1, 0.15) is 36.3 Å². The maximum absolute atomic E-state index is 13.1. The number of halogens is 2. The smallest absolute Gasteiger partial charge is 0.317 e. The zero-order chi connectivity index (χ0) is 17.9. The van der Waals surface area contributed by atoms with Gasteiger partial charge in [-0.2, -0.15) is 0 Å². The van der Waals surface area contributed by atoms with Gasteiger partial charge in [-0.1, -0.05) is 24.3 Å². The minimum absolute atomic E-state index is 0.137. The SMILES string of the molecule is Cc1ccccc1[C@H]1CCN(CCNC(=O)N2CCC(F)(F)CC2)C1. The van der Waals surface area contributed by atoms with Crippen LogP contribution in [0, 0.1) is 6.92 Å². The van der Waals surface area contributed by atoms with Crippen molar-refractivity contribution in [3.05, 3.63) is 35.4 Å². The summed E-state index contributed by atoms with van der Waals surface area (Å²) in [4.78, 5) is 15.9. The summed E-state index contributed by atoms with van der Waals surface area (Å²) in [5, 5.41) is 2.87. The summed E-state index contributed by atoms with van der Waals surface area (Å²) < 4.78 is 26.3. The molecule has 6 heteroatoms. The molecule has 1 aromatic carbocycles. The first kappa shape index (κ1) is 18.1. The fourth-order valence-corrected chi connectivity index (χ4v) is 3.80. The molecular formula is C19H27F2N3O. The molecule has 2 saturated heterocycles. The number of amides is 2. The lowest BCUT2D eigenvalue weighted by Gasteiger charge is -2.31. The van der Waals surface area contributed by atoms with Crippen molar-refractivity contribution in [3.8, 4) is 0 Å². The summed E-state index contributed by atoms with van der Waals surface area (Å²) in [6.07, 6.45) is 0.676. The molecule has 1 aromatic rings. The third-order valence-electron chi connectivity index (χ3n) is 5.39. The number of rotatable bonds is 4. The van der Waals surface area contributed by atoms with Crippen molar-refractivity contribution in [2.75, 3.05) is 39.3 Å². The lowest BCUT2D eigenvalue weighted by molar-refractivity contribution is -0.0469. The average Bonchev–Trinajstić information content (AvgIpc) is 3.03. The molecular weight excluding hydrogens is 324 g/mol. The molecule has 4 nitrogen and oxygen atoms in total. The van der Waals surface area contributed by atoms with Crippen molar-refractivity contribution in [1.82, 2.24) is 15.1 Å². The maximum atomic E-state index is 13.1. The number of likely N-dealkylation sites (tertiary alicyclic amines) is 2. The summed E-state index contributed by atoms with van der Waals surface area (Å²) in [6.45, 7) is 5.84. The van der Waals surface area contributed by atoms with Crippen LogP contribution in [-0.2, 0) is 0 Å². The Bertz CT molecular complexity index is 598. The van der Waals surface area contributed by atoms with Crippen LogP contribution < -0.4 is 5.32 Å². The Morgan fingerprint density at radius 3 is 2.68 bits per heavy atom. The van der Waals surface area contributed by atoms with E-state index in [0.717, 1.165) is 26.1 Å². The molecule has 2 fully saturated rings. The zero-order valence-electron chi connectivity index (χ0n) is 14.8. The lowest BCUT2D eigenvalue weighted by Crippen LogP contribution is -2.48. The van der Waals surface area contributed by atoms with E-state index >= 15 is 0 Å². The van der Waals surface area contributed by atoms with Crippen LogP contribution in [0.5, 0.6) is 0 Å². The van der Waals surface area contributed by atoms with Gasteiger partial charge in [0.2, 0.25) is 0 Å². The highest BCUT2D eigenvalue weighted by Gasteiger charge is 2.35. The van der Waals surface area contributed by atoms with Crippen LogP contribution >= 0.6 is 0 Å². The number of hydrogen-bond acceptors (Lipinski definition) is 2. The topological polar surface area (TPSA) is 35.6 Å². The molecule has 0 bridgehead atoms. The van der Waals surface area contributed by atoms with Crippen molar-refractivity contribution in [2.45, 2.75) is 38.0 Å². The van der Waals surface area contributed by atoms with Crippen molar-refractivity contribution in [1.29, 1.82) is 0 Å². The van der Waals surface area contributed by atoms with Gasteiger partial charge in [0.05, 0.1) is 0 Å². The number of urea groups is 1. The predicted molar refractivity (Wildman–Crippen MR) is 94.1 cm³/mol. The second-order valence-corrected chi connectivity index (χ2v) is 7.22. The second-order valence-electron chi connectivity index (χ2n) is 7.22. The fraction of sp³-hybridized carbons (Fsp3) is 0.632. The van der Waals surface area contributed by atoms with Gasteiger partial charge in [0.1, 0.15) is 0 Å². The predicted octanol–water partition coefficient (Wildman–Crippen LogP) is 3.23. The van der Waals surface area contributed by atoms with E-state index in [1.54, 1.807) is 0 Å². The maximum Gasteiger partial charge on any atom is 0.317 e. The molecule has 2 aliphatic heterocycles. The summed E-state index contributed by atoms with van der Waals surface area (Å²) >= 11 is 0. The molecule has 0 spiro atoms.